The third kappa shape index (κ3) is 4.29. The number of aryl methyl sites for hydroxylation is 1. The lowest BCUT2D eigenvalue weighted by Gasteiger charge is -2.25. The number of amides is 1. The fourth-order valence-corrected chi connectivity index (χ4v) is 5.22. The zero-order valence-electron chi connectivity index (χ0n) is 19.4. The van der Waals surface area contributed by atoms with E-state index >= 15 is 0 Å². The SMILES string of the molecule is Cc1ccc(-c2csc(N3N=C(c4ccccc4)[C@H]([C@H](c4ccccc4)C(C#N)C#N)C3=O)n2)cc1. The highest BCUT2D eigenvalue weighted by molar-refractivity contribution is 7.14. The van der Waals surface area contributed by atoms with E-state index in [0.717, 1.165) is 27.9 Å². The van der Waals surface area contributed by atoms with Gasteiger partial charge in [0.05, 0.1) is 29.5 Å². The molecule has 174 valence electrons. The van der Waals surface area contributed by atoms with Crippen molar-refractivity contribution in [2.45, 2.75) is 12.8 Å². The molecule has 1 aliphatic heterocycles. The normalized spacial score (nSPS) is 15.9. The van der Waals surface area contributed by atoms with Crippen LogP contribution in [0.5, 0.6) is 0 Å². The van der Waals surface area contributed by atoms with Gasteiger partial charge in [-0.3, -0.25) is 4.79 Å². The van der Waals surface area contributed by atoms with Crippen LogP contribution < -0.4 is 5.01 Å². The van der Waals surface area contributed by atoms with Crippen molar-refractivity contribution in [2.24, 2.45) is 16.9 Å². The molecular weight excluding hydrogens is 466 g/mol. The van der Waals surface area contributed by atoms with E-state index in [0.29, 0.717) is 10.8 Å². The topological polar surface area (TPSA) is 93.1 Å². The Hall–Kier alpha value is -4.59. The molecule has 0 N–H and O–H groups in total. The van der Waals surface area contributed by atoms with Gasteiger partial charge in [0.2, 0.25) is 5.13 Å². The van der Waals surface area contributed by atoms with Crippen molar-refractivity contribution < 1.29 is 4.79 Å². The van der Waals surface area contributed by atoms with Crippen LogP contribution in [-0.2, 0) is 4.79 Å². The van der Waals surface area contributed by atoms with Crippen LogP contribution in [-0.4, -0.2) is 16.6 Å². The fraction of sp³-hybridized carbons (Fsp3) is 0.138. The number of hydrogen-bond donors (Lipinski definition) is 0. The number of rotatable bonds is 6. The minimum atomic E-state index is -1.03. The number of nitriles is 2. The highest BCUT2D eigenvalue weighted by Gasteiger charge is 2.47. The molecule has 4 aromatic rings. The van der Waals surface area contributed by atoms with Crippen molar-refractivity contribution in [3.63, 3.8) is 0 Å². The smallest absolute Gasteiger partial charge is 0.259 e. The minimum Gasteiger partial charge on any atom is -0.272 e. The Labute approximate surface area is 213 Å². The second-order valence-electron chi connectivity index (χ2n) is 8.53. The largest absolute Gasteiger partial charge is 0.272 e. The highest BCUT2D eigenvalue weighted by atomic mass is 32.1. The lowest BCUT2D eigenvalue weighted by Crippen LogP contribution is -2.35. The molecule has 5 rings (SSSR count). The number of hydrogen-bond acceptors (Lipinski definition) is 6. The number of hydrazone groups is 1. The number of aromatic nitrogens is 1. The summed E-state index contributed by atoms with van der Waals surface area (Å²) in [7, 11) is 0. The van der Waals surface area contributed by atoms with Gasteiger partial charge in [0.1, 0.15) is 5.92 Å². The summed E-state index contributed by atoms with van der Waals surface area (Å²) in [6.07, 6.45) is 0. The van der Waals surface area contributed by atoms with Crippen LogP contribution in [0.2, 0.25) is 0 Å². The summed E-state index contributed by atoms with van der Waals surface area (Å²) in [4.78, 5) is 18.7. The summed E-state index contributed by atoms with van der Waals surface area (Å²) in [6, 6.07) is 30.9. The summed E-state index contributed by atoms with van der Waals surface area (Å²) in [5.41, 5.74) is 4.90. The maximum absolute atomic E-state index is 14.0. The molecule has 0 bridgehead atoms. The van der Waals surface area contributed by atoms with Gasteiger partial charge in [-0.1, -0.05) is 90.5 Å². The molecule has 6 nitrogen and oxygen atoms in total. The molecule has 2 atom stereocenters. The van der Waals surface area contributed by atoms with Crippen LogP contribution in [0.15, 0.2) is 95.4 Å². The highest BCUT2D eigenvalue weighted by Crippen LogP contribution is 2.41. The van der Waals surface area contributed by atoms with E-state index in [-0.39, 0.29) is 5.91 Å². The first-order valence-electron chi connectivity index (χ1n) is 11.5. The molecule has 0 aliphatic carbocycles. The minimum absolute atomic E-state index is 0.303. The van der Waals surface area contributed by atoms with Gasteiger partial charge in [0.25, 0.3) is 5.91 Å². The molecule has 2 heterocycles. The first-order chi connectivity index (χ1) is 17.6. The van der Waals surface area contributed by atoms with Crippen molar-refractivity contribution in [3.05, 3.63) is 107 Å². The number of thiazole rings is 1. The predicted octanol–water partition coefficient (Wildman–Crippen LogP) is 5.93. The average molecular weight is 488 g/mol. The van der Waals surface area contributed by atoms with Crippen LogP contribution in [0.3, 0.4) is 0 Å². The zero-order valence-corrected chi connectivity index (χ0v) is 20.3. The Morgan fingerprint density at radius 2 is 1.53 bits per heavy atom. The van der Waals surface area contributed by atoms with E-state index < -0.39 is 17.8 Å². The summed E-state index contributed by atoms with van der Waals surface area (Å²) in [5, 5.41) is 28.1. The van der Waals surface area contributed by atoms with Crippen LogP contribution in [0.25, 0.3) is 11.3 Å². The van der Waals surface area contributed by atoms with E-state index in [2.05, 4.69) is 12.1 Å². The van der Waals surface area contributed by atoms with Gasteiger partial charge >= 0.3 is 0 Å². The van der Waals surface area contributed by atoms with Gasteiger partial charge in [-0.2, -0.15) is 20.6 Å². The molecule has 0 fully saturated rings. The molecule has 3 aromatic carbocycles. The van der Waals surface area contributed by atoms with Crippen LogP contribution in [0.1, 0.15) is 22.6 Å². The maximum Gasteiger partial charge on any atom is 0.259 e. The summed E-state index contributed by atoms with van der Waals surface area (Å²) >= 11 is 1.33. The lowest BCUT2D eigenvalue weighted by molar-refractivity contribution is -0.120. The molecule has 1 aromatic heterocycles. The molecule has 0 radical (unpaired) electrons. The number of anilines is 1. The Kier molecular flexibility index (Phi) is 6.40. The van der Waals surface area contributed by atoms with E-state index in [4.69, 9.17) is 10.1 Å². The van der Waals surface area contributed by atoms with Crippen LogP contribution in [0.4, 0.5) is 5.13 Å². The summed E-state index contributed by atoms with van der Waals surface area (Å²) < 4.78 is 0. The quantitative estimate of drug-likeness (QED) is 0.337. The molecule has 36 heavy (non-hydrogen) atoms. The number of carbonyl (C=O) groups is 1. The Bertz CT molecular complexity index is 1480. The van der Waals surface area contributed by atoms with Gasteiger partial charge < -0.3 is 0 Å². The van der Waals surface area contributed by atoms with Crippen molar-refractivity contribution in [1.29, 1.82) is 10.5 Å². The fourth-order valence-electron chi connectivity index (χ4n) is 4.44. The van der Waals surface area contributed by atoms with Gasteiger partial charge in [0, 0.05) is 16.9 Å². The molecular formula is C29H21N5OS. The second kappa shape index (κ2) is 9.95. The van der Waals surface area contributed by atoms with E-state index in [1.807, 2.05) is 97.2 Å². The molecule has 1 amide bonds. The van der Waals surface area contributed by atoms with Crippen LogP contribution >= 0.6 is 11.3 Å². The van der Waals surface area contributed by atoms with Crippen molar-refractivity contribution >= 4 is 28.1 Å². The molecule has 0 saturated carbocycles. The average Bonchev–Trinajstić information content (AvgIpc) is 3.53. The van der Waals surface area contributed by atoms with Gasteiger partial charge in [-0.25, -0.2) is 4.98 Å². The van der Waals surface area contributed by atoms with E-state index in [1.54, 1.807) is 0 Å². The van der Waals surface area contributed by atoms with E-state index in [1.165, 1.54) is 16.3 Å². The molecule has 0 unspecified atom stereocenters. The lowest BCUT2D eigenvalue weighted by atomic mass is 9.74. The monoisotopic (exact) mass is 487 g/mol. The first-order valence-corrected chi connectivity index (χ1v) is 12.3. The van der Waals surface area contributed by atoms with Crippen LogP contribution in [0, 0.1) is 41.4 Å². The number of carbonyl (C=O) groups excluding carboxylic acids is 1. The predicted molar refractivity (Wildman–Crippen MR) is 140 cm³/mol. The first kappa shape index (κ1) is 23.2. The number of nitrogens with zero attached hydrogens (tertiary/aromatic N) is 5. The number of benzene rings is 3. The van der Waals surface area contributed by atoms with Gasteiger partial charge in [-0.05, 0) is 18.1 Å². The third-order valence-electron chi connectivity index (χ3n) is 6.25. The summed E-state index contributed by atoms with van der Waals surface area (Å²) in [5.74, 6) is -2.84. The van der Waals surface area contributed by atoms with E-state index in [9.17, 15) is 15.3 Å². The maximum atomic E-state index is 14.0. The van der Waals surface area contributed by atoms with Gasteiger partial charge in [0.15, 0.2) is 0 Å². The zero-order chi connectivity index (χ0) is 25.1. The molecule has 0 spiro atoms. The molecule has 1 aliphatic rings. The van der Waals surface area contributed by atoms with Gasteiger partial charge in [-0.15, -0.1) is 11.3 Å². The standard InChI is InChI=1S/C29H21N5OS/c1-19-12-14-20(15-13-19)24-18-36-29(32-24)34-28(35)26(27(33-34)22-10-6-3-7-11-22)25(23(16-30)17-31)21-8-4-2-5-9-21/h2-15,18,23,25-26H,1H3/t25-,26+/m1/s1. The van der Waals surface area contributed by atoms with Crippen molar-refractivity contribution in [3.8, 4) is 23.4 Å². The Balaban J connectivity index is 1.60. The second-order valence-corrected chi connectivity index (χ2v) is 9.37. The molecule has 7 heteroatoms. The van der Waals surface area contributed by atoms with Crippen molar-refractivity contribution in [2.75, 3.05) is 5.01 Å². The van der Waals surface area contributed by atoms with Crippen molar-refractivity contribution in [1.82, 2.24) is 4.98 Å². The third-order valence-corrected chi connectivity index (χ3v) is 7.06. The Morgan fingerprint density at radius 1 is 0.889 bits per heavy atom. The Morgan fingerprint density at radius 3 is 2.17 bits per heavy atom. The molecule has 0 saturated heterocycles. The summed E-state index contributed by atoms with van der Waals surface area (Å²) in [6.45, 7) is 2.03.